The molecule has 2 aliphatic rings. The summed E-state index contributed by atoms with van der Waals surface area (Å²) in [5.74, 6) is 2.22. The summed E-state index contributed by atoms with van der Waals surface area (Å²) in [4.78, 5) is 10.7. The van der Waals surface area contributed by atoms with Crippen molar-refractivity contribution in [1.82, 2.24) is 0 Å². The van der Waals surface area contributed by atoms with Gasteiger partial charge in [-0.3, -0.25) is 0 Å². The van der Waals surface area contributed by atoms with Crippen LogP contribution in [-0.4, -0.2) is 20.7 Å². The van der Waals surface area contributed by atoms with Crippen molar-refractivity contribution < 1.29 is 9.22 Å². The number of hydrogen-bond donors (Lipinski definition) is 0. The first-order valence-corrected chi connectivity index (χ1v) is 12.3. The summed E-state index contributed by atoms with van der Waals surface area (Å²) in [5, 5.41) is 0. The molecular formula is C18H34O2Si. The molecule has 0 radical (unpaired) electrons. The van der Waals surface area contributed by atoms with Crippen molar-refractivity contribution in [3.8, 4) is 0 Å². The first-order chi connectivity index (χ1) is 9.78. The van der Waals surface area contributed by atoms with Gasteiger partial charge in [0.15, 0.2) is 8.32 Å². The molecule has 0 aromatic heterocycles. The van der Waals surface area contributed by atoms with Gasteiger partial charge >= 0.3 is 0 Å². The summed E-state index contributed by atoms with van der Waals surface area (Å²) in [6, 6.07) is 0. The minimum atomic E-state index is -1.45. The number of rotatable bonds is 6. The van der Waals surface area contributed by atoms with E-state index >= 15 is 0 Å². The van der Waals surface area contributed by atoms with E-state index in [0.29, 0.717) is 17.4 Å². The second-order valence-electron chi connectivity index (χ2n) is 8.68. The summed E-state index contributed by atoms with van der Waals surface area (Å²) in [5.41, 5.74) is 0.449. The van der Waals surface area contributed by atoms with Gasteiger partial charge in [-0.15, -0.1) is 0 Å². The van der Waals surface area contributed by atoms with E-state index in [1.807, 2.05) is 0 Å². The Morgan fingerprint density at radius 2 is 2.00 bits per heavy atom. The Kier molecular flexibility index (Phi) is 5.35. The molecule has 2 unspecified atom stereocenters. The Morgan fingerprint density at radius 3 is 2.62 bits per heavy atom. The van der Waals surface area contributed by atoms with Crippen LogP contribution in [0.15, 0.2) is 0 Å². The second-order valence-corrected chi connectivity index (χ2v) is 13.1. The second kappa shape index (κ2) is 6.53. The summed E-state index contributed by atoms with van der Waals surface area (Å²) >= 11 is 0. The third-order valence-corrected chi connectivity index (χ3v) is 7.08. The maximum atomic E-state index is 10.7. The van der Waals surface area contributed by atoms with E-state index in [9.17, 15) is 4.79 Å². The lowest BCUT2D eigenvalue weighted by Gasteiger charge is -2.48. The fourth-order valence-corrected chi connectivity index (χ4v) is 6.41. The molecule has 2 aliphatic carbocycles. The molecule has 0 heterocycles. The van der Waals surface area contributed by atoms with Crippen molar-refractivity contribution in [1.29, 1.82) is 0 Å². The van der Waals surface area contributed by atoms with Crippen LogP contribution in [0.4, 0.5) is 0 Å². The van der Waals surface area contributed by atoms with Gasteiger partial charge in [-0.05, 0) is 74.9 Å². The lowest BCUT2D eigenvalue weighted by Crippen LogP contribution is -2.46. The van der Waals surface area contributed by atoms with E-state index in [-0.39, 0.29) is 0 Å². The van der Waals surface area contributed by atoms with Crippen LogP contribution in [0.2, 0.25) is 19.6 Å². The van der Waals surface area contributed by atoms with E-state index in [4.69, 9.17) is 4.43 Å². The lowest BCUT2D eigenvalue weighted by molar-refractivity contribution is -0.108. The molecule has 3 heteroatoms. The highest BCUT2D eigenvalue weighted by Crippen LogP contribution is 2.59. The Morgan fingerprint density at radius 1 is 1.29 bits per heavy atom. The molecule has 122 valence electrons. The smallest absolute Gasteiger partial charge is 0.184 e. The largest absolute Gasteiger partial charge is 0.414 e. The summed E-state index contributed by atoms with van der Waals surface area (Å²) < 4.78 is 6.55. The maximum absolute atomic E-state index is 10.7. The van der Waals surface area contributed by atoms with Crippen LogP contribution in [0.25, 0.3) is 0 Å². The van der Waals surface area contributed by atoms with E-state index in [0.717, 1.165) is 31.0 Å². The summed E-state index contributed by atoms with van der Waals surface area (Å²) in [6.07, 6.45) is 10.00. The van der Waals surface area contributed by atoms with Gasteiger partial charge in [-0.2, -0.15) is 0 Å². The predicted molar refractivity (Wildman–Crippen MR) is 90.9 cm³/mol. The number of fused-ring (bicyclic) bond motifs is 1. The third-order valence-electron chi connectivity index (χ3n) is 6.07. The number of aldehydes is 1. The zero-order valence-electron chi connectivity index (χ0n) is 14.7. The molecule has 2 nitrogen and oxygen atoms in total. The molecule has 5 atom stereocenters. The summed E-state index contributed by atoms with van der Waals surface area (Å²) in [7, 11) is -1.45. The molecule has 0 saturated heterocycles. The lowest BCUT2D eigenvalue weighted by atomic mass is 9.61. The summed E-state index contributed by atoms with van der Waals surface area (Å²) in [6.45, 7) is 11.8. The van der Waals surface area contributed by atoms with Crippen LogP contribution in [0.5, 0.6) is 0 Å². The van der Waals surface area contributed by atoms with Gasteiger partial charge in [0, 0.05) is 12.5 Å². The predicted octanol–water partition coefficient (Wildman–Crippen LogP) is 5.04. The van der Waals surface area contributed by atoms with Crippen molar-refractivity contribution in [2.24, 2.45) is 23.2 Å². The molecule has 0 aromatic rings. The average Bonchev–Trinajstić information content (AvgIpc) is 2.72. The van der Waals surface area contributed by atoms with Gasteiger partial charge in [-0.25, -0.2) is 0 Å². The van der Waals surface area contributed by atoms with Gasteiger partial charge < -0.3 is 9.22 Å². The van der Waals surface area contributed by atoms with Gasteiger partial charge in [-0.1, -0.05) is 20.3 Å². The minimum absolute atomic E-state index is 0.449. The van der Waals surface area contributed by atoms with E-state index in [1.165, 1.54) is 32.1 Å². The van der Waals surface area contributed by atoms with Crippen molar-refractivity contribution >= 4 is 14.6 Å². The molecule has 21 heavy (non-hydrogen) atoms. The molecule has 0 aromatic carbocycles. The van der Waals surface area contributed by atoms with Crippen molar-refractivity contribution in [2.75, 3.05) is 0 Å². The van der Waals surface area contributed by atoms with Crippen LogP contribution in [-0.2, 0) is 9.22 Å². The first kappa shape index (κ1) is 17.2. The Bertz CT molecular complexity index is 363. The molecule has 0 N–H and O–H groups in total. The normalized spacial score (nSPS) is 38.0. The highest BCUT2D eigenvalue weighted by atomic mass is 28.4. The molecular weight excluding hydrogens is 276 g/mol. The number of hydrogen-bond acceptors (Lipinski definition) is 2. The average molecular weight is 311 g/mol. The fourth-order valence-electron chi connectivity index (χ4n) is 5.22. The highest BCUT2D eigenvalue weighted by Gasteiger charge is 2.53. The van der Waals surface area contributed by atoms with Crippen LogP contribution < -0.4 is 0 Å². The zero-order valence-corrected chi connectivity index (χ0v) is 15.7. The number of carbonyl (C=O) groups is 1. The third kappa shape index (κ3) is 3.79. The van der Waals surface area contributed by atoms with Crippen LogP contribution in [0.1, 0.15) is 58.8 Å². The van der Waals surface area contributed by atoms with Crippen LogP contribution in [0.3, 0.4) is 0 Å². The Balaban J connectivity index is 2.09. The first-order valence-electron chi connectivity index (χ1n) is 8.89. The standard InChI is InChI=1S/C18H34O2Si/c1-14(8-7-13-19)15-10-11-16-17(20-21(3,4)5)9-6-12-18(15,16)2/h13-17H,6-12H2,1-5H3/t14-,15-,16?,17?,18+/m1/s1. The SMILES string of the molecule is C[C@H](CCC=O)[C@H]1CCC2C(O[Si](C)(C)C)CCC[C@]21C. The van der Waals surface area contributed by atoms with Crippen molar-refractivity contribution in [3.05, 3.63) is 0 Å². The zero-order chi connectivity index (χ0) is 15.7. The molecule has 0 bridgehead atoms. The fraction of sp³-hybridized carbons (Fsp3) is 0.944. The van der Waals surface area contributed by atoms with Crippen LogP contribution >= 0.6 is 0 Å². The molecule has 2 fully saturated rings. The number of carbonyl (C=O) groups excluding carboxylic acids is 1. The molecule has 2 rings (SSSR count). The van der Waals surface area contributed by atoms with E-state index < -0.39 is 8.32 Å². The van der Waals surface area contributed by atoms with Gasteiger partial charge in [0.1, 0.15) is 6.29 Å². The Labute approximate surface area is 132 Å². The van der Waals surface area contributed by atoms with Crippen LogP contribution in [0, 0.1) is 23.2 Å². The minimum Gasteiger partial charge on any atom is -0.414 e. The molecule has 0 aliphatic heterocycles. The Hall–Kier alpha value is -0.153. The van der Waals surface area contributed by atoms with Crippen molar-refractivity contribution in [3.63, 3.8) is 0 Å². The quantitative estimate of drug-likeness (QED) is 0.507. The topological polar surface area (TPSA) is 26.3 Å². The monoisotopic (exact) mass is 310 g/mol. The van der Waals surface area contributed by atoms with E-state index in [2.05, 4.69) is 33.5 Å². The van der Waals surface area contributed by atoms with Gasteiger partial charge in [0.05, 0.1) is 0 Å². The van der Waals surface area contributed by atoms with E-state index in [1.54, 1.807) is 0 Å². The molecule has 0 amide bonds. The molecule has 2 saturated carbocycles. The molecule has 0 spiro atoms. The van der Waals surface area contributed by atoms with Gasteiger partial charge in [0.2, 0.25) is 0 Å². The highest BCUT2D eigenvalue weighted by molar-refractivity contribution is 6.69. The van der Waals surface area contributed by atoms with Crippen molar-refractivity contribution in [2.45, 2.75) is 84.5 Å². The maximum Gasteiger partial charge on any atom is 0.184 e. The van der Waals surface area contributed by atoms with Gasteiger partial charge in [0.25, 0.3) is 0 Å².